The summed E-state index contributed by atoms with van der Waals surface area (Å²) in [6.45, 7) is 8.20. The van der Waals surface area contributed by atoms with Crippen LogP contribution in [0.1, 0.15) is 47.0 Å². The van der Waals surface area contributed by atoms with Crippen LogP contribution in [0.5, 0.6) is 0 Å². The average molecular weight is 309 g/mol. The molecule has 0 aromatic carbocycles. The molecule has 120 valence electrons. The van der Waals surface area contributed by atoms with Crippen molar-refractivity contribution in [2.45, 2.75) is 52.5 Å². The SMILES string of the molecule is CC(CCCC(=O)O)COS(=O)(=O)CCNC(C)(C)C. The van der Waals surface area contributed by atoms with Crippen molar-refractivity contribution in [2.75, 3.05) is 18.9 Å². The molecule has 1 atom stereocenters. The van der Waals surface area contributed by atoms with Gasteiger partial charge in [0.25, 0.3) is 10.1 Å². The Kier molecular flexibility index (Phi) is 8.30. The summed E-state index contributed by atoms with van der Waals surface area (Å²) in [6.07, 6.45) is 1.28. The molecule has 6 nitrogen and oxygen atoms in total. The number of rotatable bonds is 10. The van der Waals surface area contributed by atoms with Crippen LogP contribution >= 0.6 is 0 Å². The van der Waals surface area contributed by atoms with Crippen LogP contribution in [0, 0.1) is 5.92 Å². The van der Waals surface area contributed by atoms with E-state index in [0.29, 0.717) is 19.4 Å². The molecule has 0 aliphatic rings. The molecule has 0 rings (SSSR count). The van der Waals surface area contributed by atoms with Crippen molar-refractivity contribution >= 4 is 16.1 Å². The second-order valence-electron chi connectivity index (χ2n) is 6.11. The van der Waals surface area contributed by atoms with Crippen LogP contribution in [0.15, 0.2) is 0 Å². The van der Waals surface area contributed by atoms with Crippen LogP contribution in [-0.4, -0.2) is 43.9 Å². The Bertz CT molecular complexity index is 386. The van der Waals surface area contributed by atoms with E-state index < -0.39 is 16.1 Å². The molecule has 0 heterocycles. The zero-order chi connectivity index (χ0) is 15.8. The van der Waals surface area contributed by atoms with E-state index >= 15 is 0 Å². The zero-order valence-corrected chi connectivity index (χ0v) is 13.6. The summed E-state index contributed by atoms with van der Waals surface area (Å²) >= 11 is 0. The molecule has 0 amide bonds. The van der Waals surface area contributed by atoms with E-state index in [9.17, 15) is 13.2 Å². The molecule has 0 bridgehead atoms. The van der Waals surface area contributed by atoms with Gasteiger partial charge in [-0.1, -0.05) is 6.92 Å². The summed E-state index contributed by atoms with van der Waals surface area (Å²) in [4.78, 5) is 10.4. The molecule has 0 aromatic heterocycles. The molecule has 0 radical (unpaired) electrons. The van der Waals surface area contributed by atoms with Crippen molar-refractivity contribution in [3.05, 3.63) is 0 Å². The number of carboxylic acid groups (broad SMARTS) is 1. The predicted molar refractivity (Wildman–Crippen MR) is 78.1 cm³/mol. The summed E-state index contributed by atoms with van der Waals surface area (Å²) in [6, 6.07) is 0. The Balaban J connectivity index is 3.88. The van der Waals surface area contributed by atoms with Gasteiger partial charge in [-0.05, 0) is 39.5 Å². The van der Waals surface area contributed by atoms with Crippen LogP contribution in [0.25, 0.3) is 0 Å². The van der Waals surface area contributed by atoms with E-state index in [1.807, 2.05) is 27.7 Å². The lowest BCUT2D eigenvalue weighted by atomic mass is 10.1. The third-order valence-electron chi connectivity index (χ3n) is 2.63. The first-order valence-corrected chi connectivity index (χ1v) is 8.43. The van der Waals surface area contributed by atoms with Crippen molar-refractivity contribution in [3.8, 4) is 0 Å². The summed E-state index contributed by atoms with van der Waals surface area (Å²) in [5.74, 6) is -0.870. The smallest absolute Gasteiger partial charge is 0.303 e. The molecule has 0 aliphatic heterocycles. The van der Waals surface area contributed by atoms with Crippen LogP contribution in [0.4, 0.5) is 0 Å². The van der Waals surface area contributed by atoms with Gasteiger partial charge >= 0.3 is 5.97 Å². The van der Waals surface area contributed by atoms with Gasteiger partial charge in [-0.3, -0.25) is 8.98 Å². The Labute approximate surface area is 122 Å². The summed E-state index contributed by atoms with van der Waals surface area (Å²) < 4.78 is 28.2. The Morgan fingerprint density at radius 2 is 1.95 bits per heavy atom. The normalized spacial score (nSPS) is 14.2. The van der Waals surface area contributed by atoms with Gasteiger partial charge < -0.3 is 10.4 Å². The standard InChI is InChI=1S/C13H27NO5S/c1-11(6-5-7-12(15)16)10-19-20(17,18)9-8-14-13(2,3)4/h11,14H,5-10H2,1-4H3,(H,15,16). The van der Waals surface area contributed by atoms with Gasteiger partial charge in [0.2, 0.25) is 0 Å². The molecule has 0 saturated heterocycles. The van der Waals surface area contributed by atoms with Crippen molar-refractivity contribution in [3.63, 3.8) is 0 Å². The van der Waals surface area contributed by atoms with E-state index in [1.54, 1.807) is 0 Å². The number of hydrogen-bond acceptors (Lipinski definition) is 5. The number of carboxylic acids is 1. The monoisotopic (exact) mass is 309 g/mol. The highest BCUT2D eigenvalue weighted by Crippen LogP contribution is 2.10. The maximum atomic E-state index is 11.6. The second kappa shape index (κ2) is 8.59. The number of carbonyl (C=O) groups is 1. The first kappa shape index (κ1) is 19.3. The third kappa shape index (κ3) is 12.4. The summed E-state index contributed by atoms with van der Waals surface area (Å²) in [5, 5.41) is 11.6. The van der Waals surface area contributed by atoms with E-state index in [1.165, 1.54) is 0 Å². The zero-order valence-electron chi connectivity index (χ0n) is 12.8. The topological polar surface area (TPSA) is 92.7 Å². The lowest BCUT2D eigenvalue weighted by Crippen LogP contribution is -2.39. The second-order valence-corrected chi connectivity index (χ2v) is 7.87. The fourth-order valence-electron chi connectivity index (χ4n) is 1.51. The lowest BCUT2D eigenvalue weighted by molar-refractivity contribution is -0.137. The minimum Gasteiger partial charge on any atom is -0.481 e. The first-order valence-electron chi connectivity index (χ1n) is 6.86. The maximum absolute atomic E-state index is 11.6. The molecular formula is C13H27NO5S. The Morgan fingerprint density at radius 1 is 1.35 bits per heavy atom. The number of hydrogen-bond donors (Lipinski definition) is 2. The Morgan fingerprint density at radius 3 is 2.45 bits per heavy atom. The molecule has 7 heteroatoms. The fourth-order valence-corrected chi connectivity index (χ4v) is 2.42. The largest absolute Gasteiger partial charge is 0.481 e. The van der Waals surface area contributed by atoms with Crippen LogP contribution < -0.4 is 5.32 Å². The van der Waals surface area contributed by atoms with Crippen molar-refractivity contribution < 1.29 is 22.5 Å². The van der Waals surface area contributed by atoms with Crippen LogP contribution in [0.3, 0.4) is 0 Å². The van der Waals surface area contributed by atoms with E-state index in [0.717, 1.165) is 0 Å². The van der Waals surface area contributed by atoms with Gasteiger partial charge in [0.15, 0.2) is 0 Å². The molecule has 0 aromatic rings. The molecule has 0 spiro atoms. The van der Waals surface area contributed by atoms with Gasteiger partial charge in [-0.15, -0.1) is 0 Å². The fraction of sp³-hybridized carbons (Fsp3) is 0.923. The maximum Gasteiger partial charge on any atom is 0.303 e. The van der Waals surface area contributed by atoms with Crippen molar-refractivity contribution in [1.82, 2.24) is 5.32 Å². The minimum atomic E-state index is -3.52. The van der Waals surface area contributed by atoms with E-state index in [4.69, 9.17) is 9.29 Å². The van der Waals surface area contributed by atoms with Gasteiger partial charge in [0.05, 0.1) is 12.4 Å². The lowest BCUT2D eigenvalue weighted by Gasteiger charge is -2.20. The molecule has 1 unspecified atom stereocenters. The quantitative estimate of drug-likeness (QED) is 0.596. The highest BCUT2D eigenvalue weighted by Gasteiger charge is 2.16. The highest BCUT2D eigenvalue weighted by molar-refractivity contribution is 7.86. The predicted octanol–water partition coefficient (Wildman–Crippen LogP) is 1.61. The number of aliphatic carboxylic acids is 1. The molecule has 20 heavy (non-hydrogen) atoms. The van der Waals surface area contributed by atoms with Gasteiger partial charge in [0, 0.05) is 18.5 Å². The summed E-state index contributed by atoms with van der Waals surface area (Å²) in [5.41, 5.74) is -0.125. The molecule has 0 saturated carbocycles. The summed E-state index contributed by atoms with van der Waals surface area (Å²) in [7, 11) is -3.52. The van der Waals surface area contributed by atoms with Gasteiger partial charge in [-0.2, -0.15) is 8.42 Å². The first-order chi connectivity index (χ1) is 9.02. The third-order valence-corrected chi connectivity index (χ3v) is 3.83. The number of nitrogens with one attached hydrogen (secondary N) is 1. The molecule has 0 fully saturated rings. The van der Waals surface area contributed by atoms with Crippen LogP contribution in [-0.2, 0) is 19.1 Å². The molecule has 0 aliphatic carbocycles. The molecule has 2 N–H and O–H groups in total. The van der Waals surface area contributed by atoms with Crippen molar-refractivity contribution in [2.24, 2.45) is 5.92 Å². The average Bonchev–Trinajstić information content (AvgIpc) is 2.24. The minimum absolute atomic E-state index is 0.0275. The molecular weight excluding hydrogens is 282 g/mol. The van der Waals surface area contributed by atoms with Crippen molar-refractivity contribution in [1.29, 1.82) is 0 Å². The Hall–Kier alpha value is -0.660. The van der Waals surface area contributed by atoms with Gasteiger partial charge in [0.1, 0.15) is 0 Å². The van der Waals surface area contributed by atoms with E-state index in [2.05, 4.69) is 5.32 Å². The van der Waals surface area contributed by atoms with E-state index in [-0.39, 0.29) is 30.2 Å². The van der Waals surface area contributed by atoms with Crippen LogP contribution in [0.2, 0.25) is 0 Å². The van der Waals surface area contributed by atoms with Gasteiger partial charge in [-0.25, -0.2) is 0 Å². The highest BCUT2D eigenvalue weighted by atomic mass is 32.2.